The van der Waals surface area contributed by atoms with Gasteiger partial charge in [0.25, 0.3) is 0 Å². The lowest BCUT2D eigenvalue weighted by atomic mass is 9.95. The summed E-state index contributed by atoms with van der Waals surface area (Å²) in [5.41, 5.74) is 12.9. The Kier molecular flexibility index (Phi) is 18.2. The molecule has 0 aliphatic carbocycles. The molecule has 0 fully saturated rings. The molecule has 0 bridgehead atoms. The van der Waals surface area contributed by atoms with E-state index in [0.717, 1.165) is 12.0 Å². The highest BCUT2D eigenvalue weighted by Gasteiger charge is 2.04. The predicted molar refractivity (Wildman–Crippen MR) is 178 cm³/mol. The van der Waals surface area contributed by atoms with E-state index >= 15 is 0 Å². The molecule has 1 heteroatoms. The van der Waals surface area contributed by atoms with E-state index in [0.29, 0.717) is 0 Å². The number of aryl methyl sites for hydroxylation is 4. The van der Waals surface area contributed by atoms with Crippen LogP contribution in [0, 0.1) is 33.6 Å². The summed E-state index contributed by atoms with van der Waals surface area (Å²) in [7, 11) is 3.75. The van der Waals surface area contributed by atoms with Crippen molar-refractivity contribution in [1.82, 2.24) is 5.32 Å². The Hall–Kier alpha value is -3.86. The number of benzene rings is 4. The summed E-state index contributed by atoms with van der Waals surface area (Å²) in [5.74, 6) is 0. The maximum Gasteiger partial charge on any atom is -0.0167 e. The van der Waals surface area contributed by atoms with Crippen molar-refractivity contribution in [2.75, 3.05) is 14.1 Å². The van der Waals surface area contributed by atoms with Gasteiger partial charge in [-0.1, -0.05) is 123 Å². The fraction of sp³-hybridized carbons (Fsp3) is 0.263. The lowest BCUT2D eigenvalue weighted by Crippen LogP contribution is -1.90. The largest absolute Gasteiger partial charge is 0.323 e. The molecule has 4 aromatic rings. The molecule has 206 valence electrons. The minimum absolute atomic E-state index is 1.05. The van der Waals surface area contributed by atoms with Crippen LogP contribution in [0.3, 0.4) is 0 Å². The minimum Gasteiger partial charge on any atom is -0.323 e. The number of hydrogen-bond acceptors (Lipinski definition) is 1. The highest BCUT2D eigenvalue weighted by Crippen LogP contribution is 2.26. The standard InChI is InChI=1S/C17H18.C15H16.C2H7N.C2H6.C2H2/c1-4-14-10-11-16(12-17(14)13(2)3)15-8-6-5-7-9-15;1-11-4-7-14(8-5-11)15-9-6-12(2)13(3)10-15;1-3-2;2*1-2/h5-12H,2,4H2,1,3H3;4-10H,1-3H3;3H,1-2H3;1-2H3;1-2H. The fourth-order valence-electron chi connectivity index (χ4n) is 3.76. The fourth-order valence-corrected chi connectivity index (χ4v) is 3.76. The molecular weight excluding hydrogens is 470 g/mol. The zero-order valence-electron chi connectivity index (χ0n) is 25.7. The van der Waals surface area contributed by atoms with Gasteiger partial charge >= 0.3 is 0 Å². The lowest BCUT2D eigenvalue weighted by Gasteiger charge is -2.10. The van der Waals surface area contributed by atoms with Gasteiger partial charge in [0, 0.05) is 0 Å². The first-order valence-electron chi connectivity index (χ1n) is 13.7. The normalized spacial score (nSPS) is 9.10. The van der Waals surface area contributed by atoms with Gasteiger partial charge in [-0.15, -0.1) is 12.8 Å². The van der Waals surface area contributed by atoms with Gasteiger partial charge in [-0.25, -0.2) is 0 Å². The molecule has 0 heterocycles. The summed E-state index contributed by atoms with van der Waals surface area (Å²) in [6.07, 6.45) is 9.05. The van der Waals surface area contributed by atoms with Gasteiger partial charge in [0.1, 0.15) is 0 Å². The van der Waals surface area contributed by atoms with E-state index in [1.165, 1.54) is 50.1 Å². The van der Waals surface area contributed by atoms with Gasteiger partial charge in [0.2, 0.25) is 0 Å². The number of hydrogen-bond donors (Lipinski definition) is 1. The highest BCUT2D eigenvalue weighted by molar-refractivity contribution is 5.73. The Morgan fingerprint density at radius 3 is 1.62 bits per heavy atom. The Morgan fingerprint density at radius 1 is 0.667 bits per heavy atom. The third-order valence-electron chi connectivity index (χ3n) is 5.95. The van der Waals surface area contributed by atoms with E-state index in [-0.39, 0.29) is 0 Å². The molecule has 0 spiro atoms. The Balaban J connectivity index is 0.000000606. The van der Waals surface area contributed by atoms with Crippen LogP contribution in [0.15, 0.2) is 97.6 Å². The number of terminal acetylenes is 1. The Bertz CT molecular complexity index is 1250. The van der Waals surface area contributed by atoms with Crippen LogP contribution in [0.4, 0.5) is 0 Å². The van der Waals surface area contributed by atoms with Crippen LogP contribution < -0.4 is 5.32 Å². The molecule has 0 amide bonds. The topological polar surface area (TPSA) is 12.0 Å². The summed E-state index contributed by atoms with van der Waals surface area (Å²) < 4.78 is 0. The molecule has 0 aliphatic heterocycles. The first kappa shape index (κ1) is 35.1. The SMILES string of the molecule is C#C.C=C(C)c1cc(-c2ccccc2)ccc1CC.CC.CNC.Cc1ccc(-c2ccc(C)c(C)c2)cc1. The van der Waals surface area contributed by atoms with Crippen molar-refractivity contribution in [2.24, 2.45) is 0 Å². The van der Waals surface area contributed by atoms with E-state index in [2.05, 4.69) is 144 Å². The molecule has 0 saturated carbocycles. The molecule has 0 radical (unpaired) electrons. The van der Waals surface area contributed by atoms with E-state index in [4.69, 9.17) is 0 Å². The van der Waals surface area contributed by atoms with Crippen LogP contribution in [0.25, 0.3) is 27.8 Å². The summed E-state index contributed by atoms with van der Waals surface area (Å²) in [6, 6.07) is 32.4. The number of nitrogens with one attached hydrogen (secondary N) is 1. The third-order valence-corrected chi connectivity index (χ3v) is 5.95. The average Bonchev–Trinajstić information content (AvgIpc) is 2.98. The minimum atomic E-state index is 1.05. The molecule has 0 atom stereocenters. The maximum atomic E-state index is 4.07. The maximum absolute atomic E-state index is 4.07. The molecular formula is C38H49N. The van der Waals surface area contributed by atoms with Gasteiger partial charge < -0.3 is 5.32 Å². The molecule has 0 unspecified atom stereocenters. The smallest absolute Gasteiger partial charge is 0.0167 e. The van der Waals surface area contributed by atoms with E-state index < -0.39 is 0 Å². The molecule has 0 aliphatic rings. The van der Waals surface area contributed by atoms with Gasteiger partial charge in [-0.05, 0) is 98.8 Å². The second kappa shape index (κ2) is 20.1. The zero-order valence-corrected chi connectivity index (χ0v) is 25.7. The summed E-state index contributed by atoms with van der Waals surface area (Å²) in [4.78, 5) is 0. The van der Waals surface area contributed by atoms with E-state index in [1.54, 1.807) is 0 Å². The molecule has 1 N–H and O–H groups in total. The van der Waals surface area contributed by atoms with Crippen molar-refractivity contribution < 1.29 is 0 Å². The van der Waals surface area contributed by atoms with Crippen LogP contribution >= 0.6 is 0 Å². The molecule has 4 rings (SSSR count). The Morgan fingerprint density at radius 2 is 1.13 bits per heavy atom. The average molecular weight is 520 g/mol. The molecule has 39 heavy (non-hydrogen) atoms. The quantitative estimate of drug-likeness (QED) is 0.264. The van der Waals surface area contributed by atoms with Crippen LogP contribution in [0.1, 0.15) is 55.5 Å². The van der Waals surface area contributed by atoms with Gasteiger partial charge in [0.05, 0.1) is 0 Å². The van der Waals surface area contributed by atoms with Crippen LogP contribution in [0.2, 0.25) is 0 Å². The highest BCUT2D eigenvalue weighted by atomic mass is 14.7. The van der Waals surface area contributed by atoms with Gasteiger partial charge in [0.15, 0.2) is 0 Å². The Labute approximate surface area is 240 Å². The van der Waals surface area contributed by atoms with Crippen molar-refractivity contribution in [2.45, 2.75) is 54.9 Å². The second-order valence-electron chi connectivity index (χ2n) is 9.04. The first-order valence-corrected chi connectivity index (χ1v) is 13.7. The molecule has 1 nitrogen and oxygen atoms in total. The van der Waals surface area contributed by atoms with Crippen molar-refractivity contribution in [3.63, 3.8) is 0 Å². The molecule has 4 aromatic carbocycles. The first-order chi connectivity index (χ1) is 18.8. The van der Waals surface area contributed by atoms with Crippen molar-refractivity contribution in [3.8, 4) is 35.1 Å². The van der Waals surface area contributed by atoms with E-state index in [9.17, 15) is 0 Å². The van der Waals surface area contributed by atoms with Crippen molar-refractivity contribution in [1.29, 1.82) is 0 Å². The summed E-state index contributed by atoms with van der Waals surface area (Å²) in [5, 5.41) is 2.75. The number of allylic oxidation sites excluding steroid dienone is 1. The second-order valence-corrected chi connectivity index (χ2v) is 9.04. The van der Waals surface area contributed by atoms with Gasteiger partial charge in [-0.2, -0.15) is 0 Å². The summed E-state index contributed by atoms with van der Waals surface area (Å²) >= 11 is 0. The van der Waals surface area contributed by atoms with Gasteiger partial charge in [-0.3, -0.25) is 0 Å². The van der Waals surface area contributed by atoms with Crippen LogP contribution in [-0.2, 0) is 6.42 Å². The summed E-state index contributed by atoms with van der Waals surface area (Å²) in [6.45, 7) is 18.7. The molecule has 0 aromatic heterocycles. The monoisotopic (exact) mass is 519 g/mol. The van der Waals surface area contributed by atoms with Crippen molar-refractivity contribution >= 4 is 5.57 Å². The van der Waals surface area contributed by atoms with Crippen LogP contribution in [0.5, 0.6) is 0 Å². The third kappa shape index (κ3) is 12.0. The van der Waals surface area contributed by atoms with E-state index in [1.807, 2.05) is 34.0 Å². The van der Waals surface area contributed by atoms with Crippen LogP contribution in [-0.4, -0.2) is 14.1 Å². The lowest BCUT2D eigenvalue weighted by molar-refractivity contribution is 1.02. The predicted octanol–water partition coefficient (Wildman–Crippen LogP) is 10.3. The molecule has 0 saturated heterocycles. The zero-order chi connectivity index (χ0) is 29.8. The van der Waals surface area contributed by atoms with Crippen molar-refractivity contribution in [3.05, 3.63) is 125 Å². The number of rotatable bonds is 4.